The molecule has 1 fully saturated rings. The van der Waals surface area contributed by atoms with Crippen LogP contribution in [0, 0.1) is 12.8 Å². The molecule has 11 heteroatoms. The predicted molar refractivity (Wildman–Crippen MR) is 124 cm³/mol. The van der Waals surface area contributed by atoms with Crippen LogP contribution in [0.15, 0.2) is 53.4 Å². The summed E-state index contributed by atoms with van der Waals surface area (Å²) in [6, 6.07) is 12.9. The maximum Gasteiger partial charge on any atom is 0.281 e. The van der Waals surface area contributed by atoms with Crippen LogP contribution in [0.1, 0.15) is 18.4 Å². The third-order valence-corrected chi connectivity index (χ3v) is 8.55. The number of nitrogens with zero attached hydrogens (tertiary/aromatic N) is 2. The summed E-state index contributed by atoms with van der Waals surface area (Å²) in [6.07, 6.45) is 1.17. The Hall–Kier alpha value is -2.47. The Morgan fingerprint density at radius 3 is 2.34 bits per heavy atom. The first-order valence-corrected chi connectivity index (χ1v) is 13.0. The Kier molecular flexibility index (Phi) is 7.23. The van der Waals surface area contributed by atoms with Crippen LogP contribution < -0.4 is 10.0 Å². The van der Waals surface area contributed by atoms with E-state index in [1.165, 1.54) is 42.7 Å². The van der Waals surface area contributed by atoms with Gasteiger partial charge in [0.25, 0.3) is 20.2 Å². The zero-order valence-electron chi connectivity index (χ0n) is 18.3. The number of anilines is 2. The van der Waals surface area contributed by atoms with E-state index >= 15 is 0 Å². The number of nitrogens with one attached hydrogen (secondary N) is 2. The summed E-state index contributed by atoms with van der Waals surface area (Å²) in [5.74, 6) is -0.776. The number of aryl methyl sites for hydroxylation is 1. The lowest BCUT2D eigenvalue weighted by Crippen LogP contribution is -2.47. The maximum absolute atomic E-state index is 12.7. The van der Waals surface area contributed by atoms with Crippen LogP contribution >= 0.6 is 0 Å². The van der Waals surface area contributed by atoms with Crippen molar-refractivity contribution in [2.45, 2.75) is 24.7 Å². The lowest BCUT2D eigenvalue weighted by Gasteiger charge is -2.32. The summed E-state index contributed by atoms with van der Waals surface area (Å²) in [5.41, 5.74) is 1.84. The molecule has 2 aromatic rings. The molecule has 0 aromatic heterocycles. The molecule has 1 aliphatic rings. The maximum atomic E-state index is 12.7. The van der Waals surface area contributed by atoms with Gasteiger partial charge < -0.3 is 5.32 Å². The molecule has 2 N–H and O–H groups in total. The van der Waals surface area contributed by atoms with Crippen molar-refractivity contribution in [3.05, 3.63) is 54.1 Å². The number of hydrogen-bond donors (Lipinski definition) is 2. The molecule has 0 saturated carbocycles. The smallest absolute Gasteiger partial charge is 0.281 e. The normalized spacial score (nSPS) is 17.8. The highest BCUT2D eigenvalue weighted by Gasteiger charge is 2.33. The topological polar surface area (TPSA) is 116 Å². The molecular weight excluding hydrogens is 452 g/mol. The Labute approximate surface area is 189 Å². The number of amides is 1. The van der Waals surface area contributed by atoms with Crippen molar-refractivity contribution in [2.75, 3.05) is 37.2 Å². The fraction of sp³-hybridized carbons (Fsp3) is 0.381. The third kappa shape index (κ3) is 5.66. The van der Waals surface area contributed by atoms with Gasteiger partial charge in [-0.05, 0) is 61.7 Å². The Balaban J connectivity index is 1.65. The molecule has 0 aliphatic carbocycles. The van der Waals surface area contributed by atoms with Crippen LogP contribution in [0.5, 0.6) is 0 Å². The van der Waals surface area contributed by atoms with Gasteiger partial charge in [0, 0.05) is 38.6 Å². The number of benzene rings is 2. The van der Waals surface area contributed by atoms with Crippen molar-refractivity contribution in [3.8, 4) is 0 Å². The van der Waals surface area contributed by atoms with Crippen molar-refractivity contribution in [1.82, 2.24) is 8.61 Å². The first-order valence-electron chi connectivity index (χ1n) is 10.2. The molecule has 1 amide bonds. The second-order valence-corrected chi connectivity index (χ2v) is 11.8. The fourth-order valence-electron chi connectivity index (χ4n) is 3.48. The van der Waals surface area contributed by atoms with Gasteiger partial charge in [-0.2, -0.15) is 17.0 Å². The van der Waals surface area contributed by atoms with Crippen molar-refractivity contribution >= 4 is 37.5 Å². The number of hydrogen-bond acceptors (Lipinski definition) is 5. The van der Waals surface area contributed by atoms with E-state index in [1.807, 2.05) is 13.0 Å². The molecular formula is C21H28N4O5S2. The van der Waals surface area contributed by atoms with E-state index in [4.69, 9.17) is 0 Å². The summed E-state index contributed by atoms with van der Waals surface area (Å²) in [4.78, 5) is 12.8. The number of piperidine rings is 1. The van der Waals surface area contributed by atoms with Gasteiger partial charge in [-0.1, -0.05) is 12.1 Å². The van der Waals surface area contributed by atoms with Gasteiger partial charge in [0.05, 0.1) is 10.8 Å². The summed E-state index contributed by atoms with van der Waals surface area (Å²) in [5, 5.41) is 2.76. The second kappa shape index (κ2) is 9.57. The number of carbonyl (C=O) groups is 1. The van der Waals surface area contributed by atoms with Crippen molar-refractivity contribution in [1.29, 1.82) is 0 Å². The first-order chi connectivity index (χ1) is 15.0. The molecule has 9 nitrogen and oxygen atoms in total. The van der Waals surface area contributed by atoms with Crippen molar-refractivity contribution in [2.24, 2.45) is 5.92 Å². The van der Waals surface area contributed by atoms with Crippen LogP contribution in [0.25, 0.3) is 0 Å². The zero-order valence-corrected chi connectivity index (χ0v) is 19.9. The van der Waals surface area contributed by atoms with E-state index in [2.05, 4.69) is 10.0 Å². The van der Waals surface area contributed by atoms with Crippen molar-refractivity contribution < 1.29 is 21.6 Å². The Morgan fingerprint density at radius 1 is 1.03 bits per heavy atom. The highest BCUT2D eigenvalue weighted by Crippen LogP contribution is 2.23. The van der Waals surface area contributed by atoms with Crippen LogP contribution in [-0.2, 0) is 25.0 Å². The van der Waals surface area contributed by atoms with E-state index in [-0.39, 0.29) is 17.3 Å². The van der Waals surface area contributed by atoms with Crippen LogP contribution in [0.3, 0.4) is 0 Å². The molecule has 2 aromatic carbocycles. The molecule has 174 valence electrons. The van der Waals surface area contributed by atoms with E-state index in [0.717, 1.165) is 9.87 Å². The van der Waals surface area contributed by atoms with E-state index in [0.29, 0.717) is 30.8 Å². The molecule has 1 heterocycles. The molecule has 1 atom stereocenters. The number of sulfonamides is 1. The van der Waals surface area contributed by atoms with Gasteiger partial charge >= 0.3 is 0 Å². The average Bonchev–Trinajstić information content (AvgIpc) is 2.74. The molecule has 0 spiro atoms. The van der Waals surface area contributed by atoms with Crippen LogP contribution in [0.4, 0.5) is 11.4 Å². The molecule has 3 rings (SSSR count). The molecule has 32 heavy (non-hydrogen) atoms. The Morgan fingerprint density at radius 2 is 1.72 bits per heavy atom. The summed E-state index contributed by atoms with van der Waals surface area (Å²) >= 11 is 0. The van der Waals surface area contributed by atoms with Gasteiger partial charge in [0.1, 0.15) is 0 Å². The Bertz CT molecular complexity index is 1180. The highest BCUT2D eigenvalue weighted by molar-refractivity contribution is 7.92. The average molecular weight is 481 g/mol. The second-order valence-electron chi connectivity index (χ2n) is 7.98. The largest absolute Gasteiger partial charge is 0.326 e. The molecule has 0 unspecified atom stereocenters. The van der Waals surface area contributed by atoms with Crippen LogP contribution in [-0.4, -0.2) is 58.5 Å². The number of carbonyl (C=O) groups excluding carboxylic acids is 1. The predicted octanol–water partition coefficient (Wildman–Crippen LogP) is 2.25. The van der Waals surface area contributed by atoms with Gasteiger partial charge in [-0.25, -0.2) is 8.42 Å². The lowest BCUT2D eigenvalue weighted by atomic mass is 9.99. The van der Waals surface area contributed by atoms with Gasteiger partial charge in [-0.15, -0.1) is 0 Å². The van der Waals surface area contributed by atoms with E-state index in [9.17, 15) is 21.6 Å². The minimum Gasteiger partial charge on any atom is -0.326 e. The standard InChI is InChI=1S/C21H28N4O5S2/c1-16-6-4-8-19(14-16)23-31(27,28)20-11-9-18(10-12-20)22-21(26)17-7-5-13-25(15-17)32(29,30)24(2)3/h4,6,8-12,14,17,23H,5,7,13,15H2,1-3H3,(H,22,26)/t17-/m1/s1. The van der Waals surface area contributed by atoms with Crippen molar-refractivity contribution in [3.63, 3.8) is 0 Å². The van der Waals surface area contributed by atoms with Crippen LogP contribution in [0.2, 0.25) is 0 Å². The third-order valence-electron chi connectivity index (χ3n) is 5.25. The minimum atomic E-state index is -3.77. The van der Waals surface area contributed by atoms with Gasteiger partial charge in [0.15, 0.2) is 0 Å². The van der Waals surface area contributed by atoms with E-state index in [1.54, 1.807) is 18.2 Å². The summed E-state index contributed by atoms with van der Waals surface area (Å²) in [6.45, 7) is 2.36. The first kappa shape index (κ1) is 24.2. The molecule has 0 radical (unpaired) electrons. The quantitative estimate of drug-likeness (QED) is 0.631. The monoisotopic (exact) mass is 480 g/mol. The lowest BCUT2D eigenvalue weighted by molar-refractivity contribution is -0.120. The molecule has 1 saturated heterocycles. The van der Waals surface area contributed by atoms with Gasteiger partial charge in [0.2, 0.25) is 5.91 Å². The molecule has 1 aliphatic heterocycles. The SMILES string of the molecule is Cc1cccc(NS(=O)(=O)c2ccc(NC(=O)[C@@H]3CCCN(S(=O)(=O)N(C)C)C3)cc2)c1. The van der Waals surface area contributed by atoms with Gasteiger partial charge in [-0.3, -0.25) is 9.52 Å². The zero-order chi connectivity index (χ0) is 23.5. The van der Waals surface area contributed by atoms with E-state index < -0.39 is 26.2 Å². The fourth-order valence-corrected chi connectivity index (χ4v) is 5.72. The minimum absolute atomic E-state index is 0.0675. The summed E-state index contributed by atoms with van der Waals surface area (Å²) < 4.78 is 54.9. The highest BCUT2D eigenvalue weighted by atomic mass is 32.2. The number of rotatable bonds is 7. The molecule has 0 bridgehead atoms. The summed E-state index contributed by atoms with van der Waals surface area (Å²) in [7, 11) is -4.42.